The molecular formula is C16H23N3O4. The van der Waals surface area contributed by atoms with Gasteiger partial charge in [-0.1, -0.05) is 0 Å². The molecule has 1 aromatic carbocycles. The number of anilines is 1. The zero-order valence-corrected chi connectivity index (χ0v) is 13.7. The van der Waals surface area contributed by atoms with E-state index in [4.69, 9.17) is 9.47 Å². The number of hydrogen-bond donors (Lipinski definition) is 1. The lowest BCUT2D eigenvalue weighted by atomic mass is 10.2. The molecule has 0 bridgehead atoms. The van der Waals surface area contributed by atoms with Crippen LogP contribution in [0.2, 0.25) is 0 Å². The summed E-state index contributed by atoms with van der Waals surface area (Å²) < 4.78 is 10.4. The van der Waals surface area contributed by atoms with Crippen LogP contribution < -0.4 is 15.0 Å². The van der Waals surface area contributed by atoms with Crippen LogP contribution in [0.25, 0.3) is 0 Å². The fourth-order valence-electron chi connectivity index (χ4n) is 2.42. The minimum Gasteiger partial charge on any atom is -0.497 e. The normalized spacial score (nSPS) is 16.9. The van der Waals surface area contributed by atoms with E-state index in [2.05, 4.69) is 5.32 Å². The maximum Gasteiger partial charge on any atom is 0.414 e. The zero-order valence-electron chi connectivity index (χ0n) is 13.7. The number of cyclic esters (lactones) is 1. The van der Waals surface area contributed by atoms with Crippen molar-refractivity contribution in [2.24, 2.45) is 0 Å². The third-order valence-electron chi connectivity index (χ3n) is 3.79. The Morgan fingerprint density at radius 1 is 1.35 bits per heavy atom. The average molecular weight is 321 g/mol. The van der Waals surface area contributed by atoms with Gasteiger partial charge in [-0.2, -0.15) is 0 Å². The number of ether oxygens (including phenoxy) is 2. The highest BCUT2D eigenvalue weighted by Crippen LogP contribution is 2.23. The van der Waals surface area contributed by atoms with Gasteiger partial charge in [0.15, 0.2) is 0 Å². The van der Waals surface area contributed by atoms with E-state index < -0.39 is 6.09 Å². The summed E-state index contributed by atoms with van der Waals surface area (Å²) in [6.45, 7) is 5.83. The molecule has 1 heterocycles. The molecule has 2 rings (SSSR count). The summed E-state index contributed by atoms with van der Waals surface area (Å²) in [5.74, 6) is 0.726. The number of hydrogen-bond acceptors (Lipinski definition) is 4. The van der Waals surface area contributed by atoms with Crippen molar-refractivity contribution >= 4 is 17.8 Å². The van der Waals surface area contributed by atoms with Gasteiger partial charge in [-0.25, -0.2) is 9.59 Å². The van der Waals surface area contributed by atoms with Crippen LogP contribution >= 0.6 is 0 Å². The van der Waals surface area contributed by atoms with Gasteiger partial charge in [0.05, 0.1) is 20.2 Å². The number of methoxy groups -OCH3 is 1. The van der Waals surface area contributed by atoms with Crippen LogP contribution in [0.15, 0.2) is 24.3 Å². The summed E-state index contributed by atoms with van der Waals surface area (Å²) in [7, 11) is 1.59. The number of carbonyl (C=O) groups excluding carboxylic acids is 2. The van der Waals surface area contributed by atoms with Crippen molar-refractivity contribution in [3.63, 3.8) is 0 Å². The molecule has 7 heteroatoms. The Balaban J connectivity index is 1.90. The first kappa shape index (κ1) is 16.9. The monoisotopic (exact) mass is 321 g/mol. The van der Waals surface area contributed by atoms with Gasteiger partial charge < -0.3 is 19.7 Å². The first-order valence-electron chi connectivity index (χ1n) is 7.74. The fourth-order valence-corrected chi connectivity index (χ4v) is 2.42. The van der Waals surface area contributed by atoms with Crippen LogP contribution in [0, 0.1) is 0 Å². The molecule has 126 valence electrons. The second kappa shape index (κ2) is 7.71. The first-order chi connectivity index (χ1) is 11.1. The van der Waals surface area contributed by atoms with Gasteiger partial charge in [-0.15, -0.1) is 0 Å². The Bertz CT molecular complexity index is 543. The second-order valence-electron chi connectivity index (χ2n) is 5.17. The molecule has 1 aromatic rings. The number of nitrogens with one attached hydrogen (secondary N) is 1. The highest BCUT2D eigenvalue weighted by molar-refractivity contribution is 5.89. The van der Waals surface area contributed by atoms with Gasteiger partial charge in [0, 0.05) is 18.8 Å². The molecule has 3 amide bonds. The van der Waals surface area contributed by atoms with Crippen molar-refractivity contribution in [3.05, 3.63) is 24.3 Å². The Morgan fingerprint density at radius 3 is 2.57 bits per heavy atom. The van der Waals surface area contributed by atoms with E-state index >= 15 is 0 Å². The Hall–Kier alpha value is -2.44. The molecule has 0 aliphatic carbocycles. The average Bonchev–Trinajstić information content (AvgIpc) is 2.95. The van der Waals surface area contributed by atoms with E-state index in [0.29, 0.717) is 26.2 Å². The summed E-state index contributed by atoms with van der Waals surface area (Å²) >= 11 is 0. The largest absolute Gasteiger partial charge is 0.497 e. The van der Waals surface area contributed by atoms with Crippen molar-refractivity contribution in [3.8, 4) is 5.75 Å². The highest BCUT2D eigenvalue weighted by atomic mass is 16.6. The number of nitrogens with zero attached hydrogens (tertiary/aromatic N) is 2. The molecule has 23 heavy (non-hydrogen) atoms. The quantitative estimate of drug-likeness (QED) is 0.871. The second-order valence-corrected chi connectivity index (χ2v) is 5.17. The minimum absolute atomic E-state index is 0.144. The molecular weight excluding hydrogens is 298 g/mol. The highest BCUT2D eigenvalue weighted by Gasteiger charge is 2.32. The fraction of sp³-hybridized carbons (Fsp3) is 0.500. The summed E-state index contributed by atoms with van der Waals surface area (Å²) in [6.07, 6.45) is -0.763. The third kappa shape index (κ3) is 4.06. The van der Waals surface area contributed by atoms with E-state index in [9.17, 15) is 9.59 Å². The van der Waals surface area contributed by atoms with E-state index in [1.165, 1.54) is 0 Å². The molecule has 0 aromatic heterocycles. The number of amides is 3. The van der Waals surface area contributed by atoms with Crippen LogP contribution in [-0.2, 0) is 4.74 Å². The minimum atomic E-state index is -0.405. The van der Waals surface area contributed by atoms with Crippen LogP contribution in [0.1, 0.15) is 13.8 Å². The molecule has 1 N–H and O–H groups in total. The van der Waals surface area contributed by atoms with E-state index in [-0.39, 0.29) is 12.1 Å². The molecule has 0 radical (unpaired) electrons. The molecule has 1 fully saturated rings. The molecule has 0 spiro atoms. The van der Waals surface area contributed by atoms with E-state index in [0.717, 1.165) is 11.4 Å². The number of carbonyl (C=O) groups is 2. The van der Waals surface area contributed by atoms with Gasteiger partial charge in [-0.05, 0) is 38.1 Å². The summed E-state index contributed by atoms with van der Waals surface area (Å²) in [6, 6.07) is 7.04. The predicted octanol–water partition coefficient (Wildman–Crippen LogP) is 2.07. The Labute approximate surface area is 136 Å². The molecule has 1 unspecified atom stereocenters. The molecule has 0 saturated carbocycles. The molecule has 1 saturated heterocycles. The zero-order chi connectivity index (χ0) is 16.8. The predicted molar refractivity (Wildman–Crippen MR) is 86.9 cm³/mol. The Morgan fingerprint density at radius 2 is 2.00 bits per heavy atom. The summed E-state index contributed by atoms with van der Waals surface area (Å²) in [5, 5.41) is 2.80. The number of urea groups is 1. The topological polar surface area (TPSA) is 71.1 Å². The summed E-state index contributed by atoms with van der Waals surface area (Å²) in [5.41, 5.74) is 0.744. The van der Waals surface area contributed by atoms with Crippen LogP contribution in [-0.4, -0.2) is 56.4 Å². The van der Waals surface area contributed by atoms with Crippen molar-refractivity contribution < 1.29 is 19.1 Å². The number of rotatable bonds is 6. The summed E-state index contributed by atoms with van der Waals surface area (Å²) in [4.78, 5) is 27.1. The van der Waals surface area contributed by atoms with Crippen molar-refractivity contribution in [1.82, 2.24) is 10.2 Å². The number of benzene rings is 1. The molecule has 1 atom stereocenters. The maximum absolute atomic E-state index is 12.0. The van der Waals surface area contributed by atoms with Crippen LogP contribution in [0.4, 0.5) is 15.3 Å². The maximum atomic E-state index is 12.0. The van der Waals surface area contributed by atoms with E-state index in [1.807, 2.05) is 13.8 Å². The smallest absolute Gasteiger partial charge is 0.414 e. The molecule has 7 nitrogen and oxygen atoms in total. The lowest BCUT2D eigenvalue weighted by Crippen LogP contribution is -2.43. The van der Waals surface area contributed by atoms with E-state index in [1.54, 1.807) is 41.2 Å². The van der Waals surface area contributed by atoms with Gasteiger partial charge in [-0.3, -0.25) is 4.90 Å². The Kier molecular flexibility index (Phi) is 5.67. The van der Waals surface area contributed by atoms with Gasteiger partial charge in [0.25, 0.3) is 0 Å². The lowest BCUT2D eigenvalue weighted by molar-refractivity contribution is 0.138. The van der Waals surface area contributed by atoms with Crippen LogP contribution in [0.3, 0.4) is 0 Å². The SMILES string of the molecule is CCN(CC)C(=O)NCC1CN(c2ccc(OC)cc2)C(=O)O1. The van der Waals surface area contributed by atoms with Crippen molar-refractivity contribution in [2.45, 2.75) is 20.0 Å². The molecule has 1 aliphatic rings. The van der Waals surface area contributed by atoms with Gasteiger partial charge in [0.2, 0.25) is 0 Å². The van der Waals surface area contributed by atoms with Crippen LogP contribution in [0.5, 0.6) is 5.75 Å². The van der Waals surface area contributed by atoms with Gasteiger partial charge >= 0.3 is 12.1 Å². The molecule has 1 aliphatic heterocycles. The third-order valence-corrected chi connectivity index (χ3v) is 3.79. The van der Waals surface area contributed by atoms with Gasteiger partial charge in [0.1, 0.15) is 11.9 Å². The van der Waals surface area contributed by atoms with Crippen molar-refractivity contribution in [1.29, 1.82) is 0 Å². The van der Waals surface area contributed by atoms with Crippen molar-refractivity contribution in [2.75, 3.05) is 38.2 Å². The first-order valence-corrected chi connectivity index (χ1v) is 7.74. The lowest BCUT2D eigenvalue weighted by Gasteiger charge is -2.20. The standard InChI is InChI=1S/C16H23N3O4/c1-4-18(5-2)15(20)17-10-14-11-19(16(21)23-14)12-6-8-13(22-3)9-7-12/h6-9,14H,4-5,10-11H2,1-3H3,(H,17,20).